The largest absolute Gasteiger partial charge is 0.480 e. The van der Waals surface area contributed by atoms with Crippen molar-refractivity contribution < 1.29 is 9.53 Å². The fraction of sp³-hybridized carbons (Fsp3) is 0.611. The highest BCUT2D eigenvalue weighted by Crippen LogP contribution is 2.23. The third-order valence-corrected chi connectivity index (χ3v) is 4.70. The molecule has 0 aliphatic carbocycles. The van der Waals surface area contributed by atoms with Crippen molar-refractivity contribution >= 4 is 17.7 Å². The smallest absolute Gasteiger partial charge is 0.261 e. The second-order valence-electron chi connectivity index (χ2n) is 6.46. The van der Waals surface area contributed by atoms with Crippen molar-refractivity contribution in [2.45, 2.75) is 58.8 Å². The number of hydrogen-bond donors (Lipinski definition) is 1. The van der Waals surface area contributed by atoms with Crippen LogP contribution in [-0.4, -0.2) is 29.1 Å². The summed E-state index contributed by atoms with van der Waals surface area (Å²) in [6.45, 7) is 13.3. The number of aryl methyl sites for hydroxylation is 1. The van der Waals surface area contributed by atoms with Crippen molar-refractivity contribution in [1.29, 1.82) is 0 Å². The highest BCUT2D eigenvalue weighted by Gasteiger charge is 2.19. The van der Waals surface area contributed by atoms with Crippen LogP contribution in [0.2, 0.25) is 0 Å². The Balaban J connectivity index is 2.53. The Kier molecular flexibility index (Phi) is 7.27. The summed E-state index contributed by atoms with van der Waals surface area (Å²) in [6, 6.07) is 5.93. The van der Waals surface area contributed by atoms with Crippen LogP contribution in [0.4, 0.5) is 0 Å². The zero-order valence-electron chi connectivity index (χ0n) is 14.7. The lowest BCUT2D eigenvalue weighted by Crippen LogP contribution is -2.39. The van der Waals surface area contributed by atoms with Gasteiger partial charge in [-0.25, -0.2) is 0 Å². The van der Waals surface area contributed by atoms with E-state index in [1.54, 1.807) is 0 Å². The molecule has 0 fully saturated rings. The van der Waals surface area contributed by atoms with Crippen LogP contribution in [0, 0.1) is 13.8 Å². The van der Waals surface area contributed by atoms with E-state index in [0.29, 0.717) is 13.0 Å². The Morgan fingerprint density at radius 1 is 1.32 bits per heavy atom. The highest BCUT2D eigenvalue weighted by atomic mass is 32.2. The van der Waals surface area contributed by atoms with Gasteiger partial charge >= 0.3 is 0 Å². The quantitative estimate of drug-likeness (QED) is 0.768. The van der Waals surface area contributed by atoms with Crippen LogP contribution in [-0.2, 0) is 4.79 Å². The monoisotopic (exact) mass is 323 g/mol. The highest BCUT2D eigenvalue weighted by molar-refractivity contribution is 8.00. The summed E-state index contributed by atoms with van der Waals surface area (Å²) in [5, 5.41) is 2.98. The fourth-order valence-corrected chi connectivity index (χ4v) is 2.79. The van der Waals surface area contributed by atoms with E-state index >= 15 is 0 Å². The molecule has 0 heterocycles. The van der Waals surface area contributed by atoms with Gasteiger partial charge in [0.05, 0.1) is 0 Å². The van der Waals surface area contributed by atoms with Crippen molar-refractivity contribution in [2.75, 3.05) is 12.3 Å². The molecule has 3 nitrogen and oxygen atoms in total. The predicted molar refractivity (Wildman–Crippen MR) is 95.8 cm³/mol. The molecule has 0 saturated carbocycles. The van der Waals surface area contributed by atoms with Gasteiger partial charge in [0.15, 0.2) is 6.10 Å². The number of carbonyl (C=O) groups is 1. The summed E-state index contributed by atoms with van der Waals surface area (Å²) < 4.78 is 6.14. The van der Waals surface area contributed by atoms with Gasteiger partial charge in [0.25, 0.3) is 5.91 Å². The molecule has 1 aromatic rings. The molecule has 0 spiro atoms. The van der Waals surface area contributed by atoms with Gasteiger partial charge in [-0.15, -0.1) is 0 Å². The predicted octanol–water partition coefficient (Wildman–Crippen LogP) is 4.11. The lowest BCUT2D eigenvalue weighted by atomic mass is 10.1. The minimum atomic E-state index is -0.430. The Morgan fingerprint density at radius 2 is 2.00 bits per heavy atom. The van der Waals surface area contributed by atoms with E-state index in [1.807, 2.05) is 50.7 Å². The molecule has 0 aromatic heterocycles. The van der Waals surface area contributed by atoms with Crippen molar-refractivity contribution in [3.8, 4) is 5.75 Å². The van der Waals surface area contributed by atoms with E-state index in [0.717, 1.165) is 17.1 Å². The molecular formula is C18H29NO2S. The number of carbonyl (C=O) groups excluding carboxylic acids is 1. The molecule has 1 N–H and O–H groups in total. The number of amides is 1. The lowest BCUT2D eigenvalue weighted by Gasteiger charge is -2.20. The molecule has 0 bridgehead atoms. The number of nitrogens with one attached hydrogen (secondary N) is 1. The van der Waals surface area contributed by atoms with Crippen LogP contribution < -0.4 is 10.1 Å². The van der Waals surface area contributed by atoms with Crippen LogP contribution in [0.25, 0.3) is 0 Å². The maximum Gasteiger partial charge on any atom is 0.261 e. The molecule has 0 aliphatic rings. The van der Waals surface area contributed by atoms with E-state index in [4.69, 9.17) is 4.74 Å². The van der Waals surface area contributed by atoms with E-state index in [9.17, 15) is 4.79 Å². The van der Waals surface area contributed by atoms with Gasteiger partial charge in [0.2, 0.25) is 0 Å². The minimum absolute atomic E-state index is 0.0297. The molecule has 1 atom stereocenters. The van der Waals surface area contributed by atoms with Gasteiger partial charge in [-0.1, -0.05) is 39.8 Å². The number of ether oxygens (including phenoxy) is 1. The summed E-state index contributed by atoms with van der Waals surface area (Å²) in [6.07, 6.45) is 0.228. The molecule has 0 radical (unpaired) electrons. The number of hydrogen-bond acceptors (Lipinski definition) is 3. The zero-order valence-corrected chi connectivity index (χ0v) is 15.5. The Bertz CT molecular complexity index is 494. The second-order valence-corrected chi connectivity index (χ2v) is 8.39. The first-order chi connectivity index (χ1) is 10.2. The van der Waals surface area contributed by atoms with E-state index in [1.165, 1.54) is 5.56 Å². The van der Waals surface area contributed by atoms with Gasteiger partial charge < -0.3 is 10.1 Å². The molecule has 4 heteroatoms. The first-order valence-corrected chi connectivity index (χ1v) is 8.87. The van der Waals surface area contributed by atoms with Gasteiger partial charge in [-0.2, -0.15) is 11.8 Å². The van der Waals surface area contributed by atoms with E-state index in [2.05, 4.69) is 26.1 Å². The van der Waals surface area contributed by atoms with Crippen LogP contribution >= 0.6 is 11.8 Å². The van der Waals surface area contributed by atoms with Crippen LogP contribution in [0.5, 0.6) is 5.75 Å². The third kappa shape index (κ3) is 6.30. The Hall–Kier alpha value is -1.16. The number of benzene rings is 1. The normalized spacial score (nSPS) is 12.8. The number of rotatable bonds is 7. The second kappa shape index (κ2) is 8.47. The average Bonchev–Trinajstić information content (AvgIpc) is 2.44. The molecule has 1 amide bonds. The van der Waals surface area contributed by atoms with Gasteiger partial charge in [0.1, 0.15) is 5.75 Å². The van der Waals surface area contributed by atoms with Gasteiger partial charge in [-0.3, -0.25) is 4.79 Å². The molecule has 1 aromatic carbocycles. The maximum absolute atomic E-state index is 12.3. The summed E-state index contributed by atoms with van der Waals surface area (Å²) >= 11 is 1.85. The molecule has 124 valence electrons. The Labute approximate surface area is 139 Å². The van der Waals surface area contributed by atoms with Crippen molar-refractivity contribution in [3.05, 3.63) is 29.3 Å². The summed E-state index contributed by atoms with van der Waals surface area (Å²) in [7, 11) is 0. The standard InChI is InChI=1S/C18H29NO2S/c1-7-15(17(20)19-11-12-22-18(4,5)6)21-16-10-8-9-13(2)14(16)3/h8-10,15H,7,11-12H2,1-6H3,(H,19,20)/t15-/m1/s1. The minimum Gasteiger partial charge on any atom is -0.480 e. The topological polar surface area (TPSA) is 38.3 Å². The molecular weight excluding hydrogens is 294 g/mol. The first-order valence-electron chi connectivity index (χ1n) is 7.89. The van der Waals surface area contributed by atoms with Crippen molar-refractivity contribution in [2.24, 2.45) is 0 Å². The molecule has 0 saturated heterocycles. The van der Waals surface area contributed by atoms with Gasteiger partial charge in [0, 0.05) is 17.0 Å². The maximum atomic E-state index is 12.3. The van der Waals surface area contributed by atoms with E-state index in [-0.39, 0.29) is 10.7 Å². The number of thioether (sulfide) groups is 1. The SMILES string of the molecule is CC[C@@H](Oc1cccc(C)c1C)C(=O)NCCSC(C)(C)C. The summed E-state index contributed by atoms with van der Waals surface area (Å²) in [5.41, 5.74) is 2.27. The summed E-state index contributed by atoms with van der Waals surface area (Å²) in [4.78, 5) is 12.3. The van der Waals surface area contributed by atoms with Crippen LogP contribution in [0.1, 0.15) is 45.2 Å². The van der Waals surface area contributed by atoms with E-state index < -0.39 is 6.10 Å². The van der Waals surface area contributed by atoms with Crippen molar-refractivity contribution in [3.63, 3.8) is 0 Å². The molecule has 0 unspecified atom stereocenters. The third-order valence-electron chi connectivity index (χ3n) is 3.42. The summed E-state index contributed by atoms with van der Waals surface area (Å²) in [5.74, 6) is 1.68. The fourth-order valence-electron chi connectivity index (χ4n) is 1.97. The van der Waals surface area contributed by atoms with Gasteiger partial charge in [-0.05, 0) is 37.5 Å². The van der Waals surface area contributed by atoms with Crippen LogP contribution in [0.3, 0.4) is 0 Å². The average molecular weight is 324 g/mol. The molecule has 22 heavy (non-hydrogen) atoms. The molecule has 1 rings (SSSR count). The zero-order chi connectivity index (χ0) is 16.8. The van der Waals surface area contributed by atoms with Crippen molar-refractivity contribution in [1.82, 2.24) is 5.32 Å². The van der Waals surface area contributed by atoms with Crippen LogP contribution in [0.15, 0.2) is 18.2 Å². The molecule has 0 aliphatic heterocycles. The Morgan fingerprint density at radius 3 is 2.59 bits per heavy atom. The first kappa shape index (κ1) is 18.9. The lowest BCUT2D eigenvalue weighted by molar-refractivity contribution is -0.128.